The molecule has 0 saturated carbocycles. The fourth-order valence-electron chi connectivity index (χ4n) is 2.49. The first-order valence-corrected chi connectivity index (χ1v) is 7.89. The fraction of sp³-hybridized carbons (Fsp3) is 0.294. The lowest BCUT2D eigenvalue weighted by molar-refractivity contribution is 0.103. The summed E-state index contributed by atoms with van der Waals surface area (Å²) in [7, 11) is 5.78. The van der Waals surface area contributed by atoms with E-state index in [1.807, 2.05) is 0 Å². The van der Waals surface area contributed by atoms with E-state index in [9.17, 15) is 4.79 Å². The molecule has 6 nitrogen and oxygen atoms in total. The van der Waals surface area contributed by atoms with E-state index in [-0.39, 0.29) is 32.8 Å². The summed E-state index contributed by atoms with van der Waals surface area (Å²) in [6.07, 6.45) is 1.32. The van der Waals surface area contributed by atoms with Crippen LogP contribution < -0.4 is 18.9 Å². The van der Waals surface area contributed by atoms with Crippen molar-refractivity contribution >= 4 is 29.0 Å². The maximum Gasteiger partial charge on any atom is 0.226 e. The molecule has 0 fully saturated rings. The van der Waals surface area contributed by atoms with Crippen molar-refractivity contribution in [3.05, 3.63) is 39.0 Å². The number of aryl methyl sites for hydroxylation is 1. The first kappa shape index (κ1) is 19.1. The summed E-state index contributed by atoms with van der Waals surface area (Å²) in [4.78, 5) is 17.2. The van der Waals surface area contributed by atoms with Crippen LogP contribution in [0.5, 0.6) is 23.1 Å². The van der Waals surface area contributed by atoms with Crippen molar-refractivity contribution in [2.45, 2.75) is 6.92 Å². The predicted molar refractivity (Wildman–Crippen MR) is 95.1 cm³/mol. The Bertz CT molecular complexity index is 823. The van der Waals surface area contributed by atoms with Gasteiger partial charge in [-0.3, -0.25) is 4.79 Å². The second kappa shape index (κ2) is 7.80. The molecule has 1 heterocycles. The molecule has 0 aliphatic rings. The average molecular weight is 386 g/mol. The van der Waals surface area contributed by atoms with Crippen molar-refractivity contribution in [3.8, 4) is 23.1 Å². The first-order valence-electron chi connectivity index (χ1n) is 7.13. The van der Waals surface area contributed by atoms with Crippen LogP contribution in [0, 0.1) is 6.92 Å². The number of carbonyl (C=O) groups excluding carboxylic acids is 1. The number of benzene rings is 1. The van der Waals surface area contributed by atoms with Crippen LogP contribution >= 0.6 is 23.2 Å². The third-order valence-electron chi connectivity index (χ3n) is 3.61. The Balaban J connectivity index is 2.79. The highest BCUT2D eigenvalue weighted by atomic mass is 35.5. The molecule has 8 heteroatoms. The van der Waals surface area contributed by atoms with E-state index in [4.69, 9.17) is 42.1 Å². The molecule has 0 N–H and O–H groups in total. The minimum absolute atomic E-state index is 0.0466. The Morgan fingerprint density at radius 1 is 0.960 bits per heavy atom. The van der Waals surface area contributed by atoms with Crippen LogP contribution in [0.15, 0.2) is 12.3 Å². The van der Waals surface area contributed by atoms with Gasteiger partial charge in [0.1, 0.15) is 5.56 Å². The summed E-state index contributed by atoms with van der Waals surface area (Å²) >= 11 is 12.2. The van der Waals surface area contributed by atoms with Crippen molar-refractivity contribution < 1.29 is 23.7 Å². The van der Waals surface area contributed by atoms with Gasteiger partial charge in [0.15, 0.2) is 11.5 Å². The lowest BCUT2D eigenvalue weighted by Crippen LogP contribution is -2.11. The molecule has 2 aromatic rings. The second-order valence-electron chi connectivity index (χ2n) is 4.97. The third-order valence-corrected chi connectivity index (χ3v) is 4.39. The number of ketones is 1. The third kappa shape index (κ3) is 3.32. The molecule has 0 spiro atoms. The summed E-state index contributed by atoms with van der Waals surface area (Å²) in [5.41, 5.74) is 0.910. The SMILES string of the molecule is COc1cc(C)c(C(=O)c2c(OC)ncc(Cl)c2Cl)c(OC)c1OC. The number of hydrogen-bond donors (Lipinski definition) is 0. The molecule has 0 atom stereocenters. The summed E-state index contributed by atoms with van der Waals surface area (Å²) in [6, 6.07) is 1.67. The highest BCUT2D eigenvalue weighted by molar-refractivity contribution is 6.44. The minimum atomic E-state index is -0.452. The zero-order valence-electron chi connectivity index (χ0n) is 14.4. The van der Waals surface area contributed by atoms with Gasteiger partial charge < -0.3 is 18.9 Å². The minimum Gasteiger partial charge on any atom is -0.493 e. The lowest BCUT2D eigenvalue weighted by atomic mass is 9.97. The molecule has 25 heavy (non-hydrogen) atoms. The van der Waals surface area contributed by atoms with Gasteiger partial charge in [0.2, 0.25) is 17.4 Å². The van der Waals surface area contributed by atoms with E-state index in [0.717, 1.165) is 0 Å². The Kier molecular flexibility index (Phi) is 5.98. The van der Waals surface area contributed by atoms with E-state index >= 15 is 0 Å². The van der Waals surface area contributed by atoms with Gasteiger partial charge in [-0.2, -0.15) is 0 Å². The molecule has 0 saturated heterocycles. The van der Waals surface area contributed by atoms with E-state index in [2.05, 4.69) is 4.98 Å². The van der Waals surface area contributed by atoms with E-state index in [1.165, 1.54) is 34.6 Å². The first-order chi connectivity index (χ1) is 11.9. The quantitative estimate of drug-likeness (QED) is 0.701. The van der Waals surface area contributed by atoms with Gasteiger partial charge in [0.25, 0.3) is 0 Å². The average Bonchev–Trinajstić information content (AvgIpc) is 2.61. The summed E-state index contributed by atoms with van der Waals surface area (Å²) in [5, 5.41) is 0.192. The van der Waals surface area contributed by atoms with Crippen LogP contribution in [-0.2, 0) is 0 Å². The number of halogens is 2. The number of hydrogen-bond acceptors (Lipinski definition) is 6. The molecule has 2 rings (SSSR count). The van der Waals surface area contributed by atoms with Crippen LogP contribution in [0.2, 0.25) is 10.0 Å². The van der Waals surface area contributed by atoms with Gasteiger partial charge in [-0.1, -0.05) is 23.2 Å². The lowest BCUT2D eigenvalue weighted by Gasteiger charge is -2.18. The molecule has 134 valence electrons. The number of methoxy groups -OCH3 is 4. The second-order valence-corrected chi connectivity index (χ2v) is 5.76. The van der Waals surface area contributed by atoms with Gasteiger partial charge in [0.05, 0.1) is 50.2 Å². The van der Waals surface area contributed by atoms with E-state index in [1.54, 1.807) is 13.0 Å². The fourth-order valence-corrected chi connectivity index (χ4v) is 2.85. The van der Waals surface area contributed by atoms with Gasteiger partial charge in [-0.25, -0.2) is 4.98 Å². The topological polar surface area (TPSA) is 66.9 Å². The molecule has 1 aromatic carbocycles. The number of rotatable bonds is 6. The number of nitrogens with zero attached hydrogens (tertiary/aromatic N) is 1. The smallest absolute Gasteiger partial charge is 0.226 e. The molecule has 0 aliphatic heterocycles. The maximum atomic E-state index is 13.2. The van der Waals surface area contributed by atoms with Gasteiger partial charge in [0, 0.05) is 0 Å². The molecule has 1 aromatic heterocycles. The maximum absolute atomic E-state index is 13.2. The number of carbonyl (C=O) groups is 1. The van der Waals surface area contributed by atoms with Crippen molar-refractivity contribution in [2.75, 3.05) is 28.4 Å². The van der Waals surface area contributed by atoms with Crippen molar-refractivity contribution in [1.82, 2.24) is 4.98 Å². The number of ether oxygens (including phenoxy) is 4. The number of aromatic nitrogens is 1. The van der Waals surface area contributed by atoms with Crippen LogP contribution in [0.3, 0.4) is 0 Å². The van der Waals surface area contributed by atoms with Crippen molar-refractivity contribution in [1.29, 1.82) is 0 Å². The Labute approximate surface area is 155 Å². The van der Waals surface area contributed by atoms with Crippen LogP contribution in [0.4, 0.5) is 0 Å². The monoisotopic (exact) mass is 385 g/mol. The summed E-state index contributed by atoms with van der Waals surface area (Å²) in [5.74, 6) is 0.574. The summed E-state index contributed by atoms with van der Waals surface area (Å²) < 4.78 is 21.2. The van der Waals surface area contributed by atoms with Gasteiger partial charge >= 0.3 is 0 Å². The normalized spacial score (nSPS) is 10.4. The number of pyridine rings is 1. The molecular formula is C17H17Cl2NO5. The molecule has 0 radical (unpaired) electrons. The zero-order chi connectivity index (χ0) is 18.7. The largest absolute Gasteiger partial charge is 0.493 e. The Hall–Kier alpha value is -2.18. The van der Waals surface area contributed by atoms with Crippen LogP contribution in [-0.4, -0.2) is 39.2 Å². The highest BCUT2D eigenvalue weighted by Gasteiger charge is 2.29. The van der Waals surface area contributed by atoms with Crippen molar-refractivity contribution in [2.24, 2.45) is 0 Å². The van der Waals surface area contributed by atoms with Crippen molar-refractivity contribution in [3.63, 3.8) is 0 Å². The van der Waals surface area contributed by atoms with E-state index in [0.29, 0.717) is 17.1 Å². The van der Waals surface area contributed by atoms with Crippen LogP contribution in [0.25, 0.3) is 0 Å². The predicted octanol–water partition coefficient (Wildman–Crippen LogP) is 3.96. The Morgan fingerprint density at radius 3 is 2.12 bits per heavy atom. The molecule has 0 amide bonds. The van der Waals surface area contributed by atoms with Gasteiger partial charge in [-0.05, 0) is 18.6 Å². The summed E-state index contributed by atoms with van der Waals surface area (Å²) in [6.45, 7) is 1.75. The molecule has 0 unspecified atom stereocenters. The van der Waals surface area contributed by atoms with E-state index < -0.39 is 5.78 Å². The molecule has 0 bridgehead atoms. The Morgan fingerprint density at radius 2 is 1.60 bits per heavy atom. The molecular weight excluding hydrogens is 369 g/mol. The highest BCUT2D eigenvalue weighted by Crippen LogP contribution is 2.44. The molecule has 0 aliphatic carbocycles. The van der Waals surface area contributed by atoms with Crippen LogP contribution in [0.1, 0.15) is 21.5 Å². The van der Waals surface area contributed by atoms with Gasteiger partial charge in [-0.15, -0.1) is 0 Å². The zero-order valence-corrected chi connectivity index (χ0v) is 15.9. The standard InChI is InChI=1S/C17H17Cl2NO5/c1-8-6-10(22-2)15(23-3)16(24-4)11(8)14(21)12-13(19)9(18)7-20-17(12)25-5/h6-7H,1-5H3.